The van der Waals surface area contributed by atoms with Crippen molar-refractivity contribution in [2.24, 2.45) is 0 Å². The number of carbonyl (C=O) groups is 1. The minimum absolute atomic E-state index is 0.0548. The number of phenols is 1. The van der Waals surface area contributed by atoms with Gasteiger partial charge in [-0.2, -0.15) is 0 Å². The number of likely N-dealkylation sites (tertiary alicyclic amines) is 1. The molecule has 0 bridgehead atoms. The highest BCUT2D eigenvalue weighted by Crippen LogP contribution is 2.34. The lowest BCUT2D eigenvalue weighted by atomic mass is 9.96. The third-order valence-electron chi connectivity index (χ3n) is 4.77. The highest BCUT2D eigenvalue weighted by Gasteiger charge is 2.30. The Bertz CT molecular complexity index is 697. The number of phenolic OH excluding ortho intramolecular Hbond substituents is 1. The summed E-state index contributed by atoms with van der Waals surface area (Å²) >= 11 is 0. The van der Waals surface area contributed by atoms with Gasteiger partial charge in [-0.3, -0.25) is 4.79 Å². The van der Waals surface area contributed by atoms with Gasteiger partial charge in [0.25, 0.3) is 0 Å². The fraction of sp³-hybridized carbons (Fsp3) is 0.350. The molecule has 1 N–H and O–H groups in total. The second kappa shape index (κ2) is 7.04. The molecule has 1 aliphatic heterocycles. The lowest BCUT2D eigenvalue weighted by molar-refractivity contribution is -0.132. The van der Waals surface area contributed by atoms with Crippen molar-refractivity contribution in [2.45, 2.75) is 38.1 Å². The van der Waals surface area contributed by atoms with Crippen molar-refractivity contribution in [3.63, 3.8) is 0 Å². The Morgan fingerprint density at radius 2 is 1.88 bits per heavy atom. The van der Waals surface area contributed by atoms with Gasteiger partial charge in [-0.1, -0.05) is 31.2 Å². The SMILES string of the molecule is C[C@H](CC(=O)N1CCC[C@H]1c1ccc(O)cc1)c1ccc(F)cc1. The van der Waals surface area contributed by atoms with Crippen LogP contribution in [0.25, 0.3) is 0 Å². The van der Waals surface area contributed by atoms with E-state index in [1.54, 1.807) is 24.3 Å². The molecule has 2 atom stereocenters. The van der Waals surface area contributed by atoms with E-state index >= 15 is 0 Å². The van der Waals surface area contributed by atoms with E-state index in [2.05, 4.69) is 0 Å². The van der Waals surface area contributed by atoms with E-state index in [1.165, 1.54) is 12.1 Å². The van der Waals surface area contributed by atoms with Crippen molar-refractivity contribution < 1.29 is 14.3 Å². The fourth-order valence-corrected chi connectivity index (χ4v) is 3.40. The molecule has 0 spiro atoms. The molecule has 4 heteroatoms. The maximum Gasteiger partial charge on any atom is 0.223 e. The van der Waals surface area contributed by atoms with Gasteiger partial charge in [-0.15, -0.1) is 0 Å². The minimum Gasteiger partial charge on any atom is -0.508 e. The lowest BCUT2D eigenvalue weighted by Gasteiger charge is -2.26. The number of benzene rings is 2. The number of hydrogen-bond acceptors (Lipinski definition) is 2. The van der Waals surface area contributed by atoms with Crippen LogP contribution in [0.4, 0.5) is 4.39 Å². The average molecular weight is 327 g/mol. The van der Waals surface area contributed by atoms with Crippen LogP contribution in [0, 0.1) is 5.82 Å². The second-order valence-corrected chi connectivity index (χ2v) is 6.49. The molecule has 3 rings (SSSR count). The van der Waals surface area contributed by atoms with Gasteiger partial charge in [0.1, 0.15) is 11.6 Å². The Kier molecular flexibility index (Phi) is 4.84. The molecule has 1 fully saturated rings. The van der Waals surface area contributed by atoms with Crippen molar-refractivity contribution >= 4 is 5.91 Å². The van der Waals surface area contributed by atoms with Gasteiger partial charge in [-0.05, 0) is 54.2 Å². The summed E-state index contributed by atoms with van der Waals surface area (Å²) in [6, 6.07) is 13.5. The summed E-state index contributed by atoms with van der Waals surface area (Å²) in [7, 11) is 0. The van der Waals surface area contributed by atoms with Crippen molar-refractivity contribution in [3.8, 4) is 5.75 Å². The van der Waals surface area contributed by atoms with Crippen molar-refractivity contribution in [1.82, 2.24) is 4.90 Å². The molecule has 126 valence electrons. The Hall–Kier alpha value is -2.36. The van der Waals surface area contributed by atoms with Crippen LogP contribution in [0.5, 0.6) is 5.75 Å². The topological polar surface area (TPSA) is 40.5 Å². The van der Waals surface area contributed by atoms with Gasteiger partial charge < -0.3 is 10.0 Å². The molecule has 1 heterocycles. The van der Waals surface area contributed by atoms with Crippen LogP contribution in [-0.2, 0) is 4.79 Å². The van der Waals surface area contributed by atoms with Crippen LogP contribution < -0.4 is 0 Å². The first-order valence-electron chi connectivity index (χ1n) is 8.38. The fourth-order valence-electron chi connectivity index (χ4n) is 3.40. The van der Waals surface area contributed by atoms with Crippen LogP contribution in [-0.4, -0.2) is 22.5 Å². The number of aromatic hydroxyl groups is 1. The third kappa shape index (κ3) is 3.58. The predicted molar refractivity (Wildman–Crippen MR) is 91.2 cm³/mol. The van der Waals surface area contributed by atoms with Crippen LogP contribution in [0.1, 0.15) is 49.3 Å². The number of nitrogens with zero attached hydrogens (tertiary/aromatic N) is 1. The lowest BCUT2D eigenvalue weighted by Crippen LogP contribution is -2.31. The Labute approximate surface area is 141 Å². The zero-order valence-corrected chi connectivity index (χ0v) is 13.8. The summed E-state index contributed by atoms with van der Waals surface area (Å²) in [5.41, 5.74) is 2.04. The van der Waals surface area contributed by atoms with E-state index in [-0.39, 0.29) is 29.4 Å². The smallest absolute Gasteiger partial charge is 0.223 e. The quantitative estimate of drug-likeness (QED) is 0.905. The molecule has 24 heavy (non-hydrogen) atoms. The van der Waals surface area contributed by atoms with Crippen molar-refractivity contribution in [1.29, 1.82) is 0 Å². The third-order valence-corrected chi connectivity index (χ3v) is 4.77. The molecule has 0 unspecified atom stereocenters. The van der Waals surface area contributed by atoms with E-state index < -0.39 is 0 Å². The van der Waals surface area contributed by atoms with E-state index in [0.717, 1.165) is 30.5 Å². The average Bonchev–Trinajstić information content (AvgIpc) is 3.06. The van der Waals surface area contributed by atoms with Gasteiger partial charge in [0.05, 0.1) is 6.04 Å². The van der Waals surface area contributed by atoms with Gasteiger partial charge in [-0.25, -0.2) is 4.39 Å². The van der Waals surface area contributed by atoms with Gasteiger partial charge >= 0.3 is 0 Å². The predicted octanol–water partition coefficient (Wildman–Crippen LogP) is 4.39. The van der Waals surface area contributed by atoms with Crippen molar-refractivity contribution in [2.75, 3.05) is 6.54 Å². The van der Waals surface area contributed by atoms with Crippen LogP contribution in [0.3, 0.4) is 0 Å². The molecular formula is C20H22FNO2. The number of halogens is 1. The van der Waals surface area contributed by atoms with Gasteiger partial charge in [0.15, 0.2) is 0 Å². The van der Waals surface area contributed by atoms with Gasteiger partial charge in [0.2, 0.25) is 5.91 Å². The van der Waals surface area contributed by atoms with Gasteiger partial charge in [0, 0.05) is 13.0 Å². The summed E-state index contributed by atoms with van der Waals surface area (Å²) in [5, 5.41) is 9.43. The van der Waals surface area contributed by atoms with E-state index in [1.807, 2.05) is 24.0 Å². The maximum atomic E-state index is 13.0. The first-order chi connectivity index (χ1) is 11.5. The number of carbonyl (C=O) groups excluding carboxylic acids is 1. The number of rotatable bonds is 4. The largest absolute Gasteiger partial charge is 0.508 e. The van der Waals surface area contributed by atoms with E-state index in [0.29, 0.717) is 6.42 Å². The summed E-state index contributed by atoms with van der Waals surface area (Å²) in [6.45, 7) is 2.76. The summed E-state index contributed by atoms with van der Waals surface area (Å²) < 4.78 is 13.0. The molecule has 0 saturated carbocycles. The molecule has 1 amide bonds. The normalized spacial score (nSPS) is 18.6. The zero-order valence-electron chi connectivity index (χ0n) is 13.8. The van der Waals surface area contributed by atoms with Crippen molar-refractivity contribution in [3.05, 3.63) is 65.5 Å². The minimum atomic E-state index is -0.260. The summed E-state index contributed by atoms with van der Waals surface area (Å²) in [6.07, 6.45) is 2.35. The molecule has 2 aromatic carbocycles. The number of hydrogen-bond donors (Lipinski definition) is 1. The highest BCUT2D eigenvalue weighted by atomic mass is 19.1. The molecule has 3 nitrogen and oxygen atoms in total. The number of amides is 1. The van der Waals surface area contributed by atoms with Crippen LogP contribution >= 0.6 is 0 Å². The monoisotopic (exact) mass is 327 g/mol. The second-order valence-electron chi connectivity index (χ2n) is 6.49. The Morgan fingerprint density at radius 1 is 1.21 bits per heavy atom. The van der Waals surface area contributed by atoms with E-state index in [9.17, 15) is 14.3 Å². The highest BCUT2D eigenvalue weighted by molar-refractivity contribution is 5.78. The summed E-state index contributed by atoms with van der Waals surface area (Å²) in [5.74, 6) is 0.158. The first-order valence-corrected chi connectivity index (χ1v) is 8.38. The molecule has 1 aliphatic rings. The molecular weight excluding hydrogens is 305 g/mol. The maximum absolute atomic E-state index is 13.0. The molecule has 1 saturated heterocycles. The van der Waals surface area contributed by atoms with Crippen LogP contribution in [0.15, 0.2) is 48.5 Å². The Morgan fingerprint density at radius 3 is 2.54 bits per heavy atom. The molecule has 0 aromatic heterocycles. The molecule has 0 aliphatic carbocycles. The first kappa shape index (κ1) is 16.5. The zero-order chi connectivity index (χ0) is 17.1. The summed E-state index contributed by atoms with van der Waals surface area (Å²) in [4.78, 5) is 14.7. The molecule has 0 radical (unpaired) electrons. The van der Waals surface area contributed by atoms with Crippen LogP contribution in [0.2, 0.25) is 0 Å². The Balaban J connectivity index is 1.69. The standard InChI is InChI=1S/C20H22FNO2/c1-14(15-4-8-17(21)9-5-15)13-20(24)22-12-2-3-19(22)16-6-10-18(23)11-7-16/h4-11,14,19,23H,2-3,12-13H2,1H3/t14-,19+/m1/s1. The molecule has 2 aromatic rings. The van der Waals surface area contributed by atoms with E-state index in [4.69, 9.17) is 0 Å².